The van der Waals surface area contributed by atoms with Gasteiger partial charge in [-0.15, -0.1) is 0 Å². The lowest BCUT2D eigenvalue weighted by atomic mass is 9.90. The highest BCUT2D eigenvalue weighted by Crippen LogP contribution is 2.34. The molecule has 1 aromatic carbocycles. The molecule has 0 N–H and O–H groups in total. The van der Waals surface area contributed by atoms with Crippen molar-refractivity contribution in [2.24, 2.45) is 5.41 Å². The lowest BCUT2D eigenvalue weighted by Crippen LogP contribution is -2.53. The zero-order valence-corrected chi connectivity index (χ0v) is 18.9. The number of ether oxygens (including phenoxy) is 3. The van der Waals surface area contributed by atoms with E-state index in [1.54, 1.807) is 11.8 Å². The van der Waals surface area contributed by atoms with Gasteiger partial charge in [-0.05, 0) is 39.7 Å². The first-order valence-corrected chi connectivity index (χ1v) is 10.5. The summed E-state index contributed by atoms with van der Waals surface area (Å²) in [6.45, 7) is 12.6. The standard InChI is InChI=1S/C24H33NO5/c1-17-20(18-10-8-7-9-11-18)21(27)25(16-28-17)23(4,5)13-12-19(26)24(6)29-14-22(2,3)15-30-24/h7-11H,12-16H2,1-6H3. The predicted octanol–water partition coefficient (Wildman–Crippen LogP) is 4.15. The van der Waals surface area contributed by atoms with E-state index in [4.69, 9.17) is 14.2 Å². The van der Waals surface area contributed by atoms with Crippen LogP contribution >= 0.6 is 0 Å². The van der Waals surface area contributed by atoms with Crippen LogP contribution in [0.2, 0.25) is 0 Å². The molecule has 0 bridgehead atoms. The Morgan fingerprint density at radius 1 is 1.10 bits per heavy atom. The van der Waals surface area contributed by atoms with Crippen molar-refractivity contribution < 1.29 is 23.8 Å². The Labute approximate surface area is 179 Å². The molecule has 164 valence electrons. The second-order valence-electron chi connectivity index (χ2n) is 9.73. The van der Waals surface area contributed by atoms with Crippen LogP contribution in [0.3, 0.4) is 0 Å². The molecule has 0 radical (unpaired) electrons. The molecule has 2 heterocycles. The van der Waals surface area contributed by atoms with Gasteiger partial charge in [0, 0.05) is 17.4 Å². The molecule has 1 amide bonds. The molecule has 0 atom stereocenters. The zero-order chi connectivity index (χ0) is 22.2. The molecule has 3 rings (SSSR count). The molecule has 6 nitrogen and oxygen atoms in total. The van der Waals surface area contributed by atoms with Crippen LogP contribution in [0.15, 0.2) is 36.1 Å². The fourth-order valence-electron chi connectivity index (χ4n) is 3.65. The van der Waals surface area contributed by atoms with Crippen molar-refractivity contribution in [2.75, 3.05) is 19.9 Å². The molecular formula is C24H33NO5. The first-order chi connectivity index (χ1) is 14.0. The summed E-state index contributed by atoms with van der Waals surface area (Å²) in [5.41, 5.74) is 0.719. The van der Waals surface area contributed by atoms with E-state index in [9.17, 15) is 9.59 Å². The molecule has 30 heavy (non-hydrogen) atoms. The van der Waals surface area contributed by atoms with Gasteiger partial charge in [-0.1, -0.05) is 44.2 Å². The second kappa shape index (κ2) is 8.16. The van der Waals surface area contributed by atoms with Crippen molar-refractivity contribution in [1.82, 2.24) is 4.90 Å². The number of Topliss-reactive ketones (excluding diaryl/α,β-unsaturated/α-hetero) is 1. The zero-order valence-electron chi connectivity index (χ0n) is 18.9. The average molecular weight is 416 g/mol. The Hall–Kier alpha value is -2.18. The van der Waals surface area contributed by atoms with E-state index in [2.05, 4.69) is 0 Å². The van der Waals surface area contributed by atoms with Crippen molar-refractivity contribution in [2.45, 2.75) is 65.7 Å². The van der Waals surface area contributed by atoms with E-state index in [0.29, 0.717) is 31.0 Å². The van der Waals surface area contributed by atoms with Gasteiger partial charge in [-0.2, -0.15) is 0 Å². The number of carbonyl (C=O) groups excluding carboxylic acids is 2. The van der Waals surface area contributed by atoms with Crippen molar-refractivity contribution in [3.8, 4) is 0 Å². The Kier molecular flexibility index (Phi) is 6.12. The van der Waals surface area contributed by atoms with Gasteiger partial charge in [0.2, 0.25) is 5.79 Å². The number of amides is 1. The molecule has 6 heteroatoms. The summed E-state index contributed by atoms with van der Waals surface area (Å²) in [6.07, 6.45) is 0.727. The molecule has 2 aliphatic rings. The summed E-state index contributed by atoms with van der Waals surface area (Å²) in [4.78, 5) is 27.9. The highest BCUT2D eigenvalue weighted by atomic mass is 16.7. The Balaban J connectivity index is 1.69. The predicted molar refractivity (Wildman–Crippen MR) is 114 cm³/mol. The quantitative estimate of drug-likeness (QED) is 0.698. The van der Waals surface area contributed by atoms with E-state index >= 15 is 0 Å². The highest BCUT2D eigenvalue weighted by molar-refractivity contribution is 6.20. The van der Waals surface area contributed by atoms with E-state index in [1.807, 2.05) is 65.0 Å². The molecular weight excluding hydrogens is 382 g/mol. The third-order valence-electron chi connectivity index (χ3n) is 5.96. The van der Waals surface area contributed by atoms with Crippen LogP contribution in [-0.4, -0.2) is 47.9 Å². The summed E-state index contributed by atoms with van der Waals surface area (Å²) in [6, 6.07) is 9.52. The number of allylic oxidation sites excluding steroid dienone is 1. The van der Waals surface area contributed by atoms with Crippen LogP contribution in [0.1, 0.15) is 59.9 Å². The fourth-order valence-corrected chi connectivity index (χ4v) is 3.65. The molecule has 0 aromatic heterocycles. The maximum absolute atomic E-state index is 13.3. The van der Waals surface area contributed by atoms with Gasteiger partial charge in [0.15, 0.2) is 12.5 Å². The van der Waals surface area contributed by atoms with Crippen LogP contribution in [0.25, 0.3) is 5.57 Å². The van der Waals surface area contributed by atoms with Gasteiger partial charge in [-0.25, -0.2) is 0 Å². The normalized spacial score (nSPS) is 21.4. The van der Waals surface area contributed by atoms with Gasteiger partial charge in [-0.3, -0.25) is 9.59 Å². The largest absolute Gasteiger partial charge is 0.477 e. The van der Waals surface area contributed by atoms with E-state index < -0.39 is 11.3 Å². The van der Waals surface area contributed by atoms with Gasteiger partial charge >= 0.3 is 0 Å². The molecule has 0 saturated carbocycles. The SMILES string of the molecule is CC1=C(c2ccccc2)C(=O)N(C(C)(C)CCC(=O)C2(C)OCC(C)(C)CO2)CO1. The van der Waals surface area contributed by atoms with Crippen molar-refractivity contribution >= 4 is 17.3 Å². The minimum Gasteiger partial charge on any atom is -0.477 e. The molecule has 1 fully saturated rings. The van der Waals surface area contributed by atoms with E-state index in [1.165, 1.54) is 0 Å². The minimum absolute atomic E-state index is 0.0828. The average Bonchev–Trinajstić information content (AvgIpc) is 2.69. The molecule has 1 saturated heterocycles. The third kappa shape index (κ3) is 4.60. The number of rotatable bonds is 6. The van der Waals surface area contributed by atoms with Gasteiger partial charge in [0.1, 0.15) is 5.76 Å². The lowest BCUT2D eigenvalue weighted by Gasteiger charge is -2.43. The monoisotopic (exact) mass is 415 g/mol. The van der Waals surface area contributed by atoms with E-state index in [0.717, 1.165) is 5.56 Å². The Morgan fingerprint density at radius 2 is 1.70 bits per heavy atom. The lowest BCUT2D eigenvalue weighted by molar-refractivity contribution is -0.273. The summed E-state index contributed by atoms with van der Waals surface area (Å²) in [5.74, 6) is -0.792. The topological polar surface area (TPSA) is 65.1 Å². The van der Waals surface area contributed by atoms with Gasteiger partial charge in [0.25, 0.3) is 5.91 Å². The van der Waals surface area contributed by atoms with Crippen LogP contribution in [0, 0.1) is 5.41 Å². The van der Waals surface area contributed by atoms with E-state index in [-0.39, 0.29) is 30.3 Å². The molecule has 0 spiro atoms. The first-order valence-electron chi connectivity index (χ1n) is 10.5. The molecule has 1 aromatic rings. The van der Waals surface area contributed by atoms with Gasteiger partial charge in [0.05, 0.1) is 18.8 Å². The van der Waals surface area contributed by atoms with Crippen molar-refractivity contribution in [3.63, 3.8) is 0 Å². The van der Waals surface area contributed by atoms with Crippen LogP contribution in [0.4, 0.5) is 0 Å². The minimum atomic E-state index is -1.22. The number of nitrogens with zero attached hydrogens (tertiary/aromatic N) is 1. The van der Waals surface area contributed by atoms with Crippen LogP contribution in [-0.2, 0) is 23.8 Å². The number of carbonyl (C=O) groups is 2. The summed E-state index contributed by atoms with van der Waals surface area (Å²) < 4.78 is 17.4. The Morgan fingerprint density at radius 3 is 2.30 bits per heavy atom. The van der Waals surface area contributed by atoms with Gasteiger partial charge < -0.3 is 19.1 Å². The molecule has 0 aliphatic carbocycles. The van der Waals surface area contributed by atoms with Crippen molar-refractivity contribution in [3.05, 3.63) is 41.7 Å². The van der Waals surface area contributed by atoms with Crippen LogP contribution < -0.4 is 0 Å². The van der Waals surface area contributed by atoms with Crippen molar-refractivity contribution in [1.29, 1.82) is 0 Å². The summed E-state index contributed by atoms with van der Waals surface area (Å²) in [7, 11) is 0. The number of benzene rings is 1. The smallest absolute Gasteiger partial charge is 0.260 e. The maximum Gasteiger partial charge on any atom is 0.260 e. The van der Waals surface area contributed by atoms with Crippen LogP contribution in [0.5, 0.6) is 0 Å². The number of hydrogen-bond acceptors (Lipinski definition) is 5. The summed E-state index contributed by atoms with van der Waals surface area (Å²) in [5, 5.41) is 0. The number of hydrogen-bond donors (Lipinski definition) is 0. The molecule has 2 aliphatic heterocycles. The molecule has 0 unspecified atom stereocenters. The third-order valence-corrected chi connectivity index (χ3v) is 5.96. The highest BCUT2D eigenvalue weighted by Gasteiger charge is 2.44. The maximum atomic E-state index is 13.3. The fraction of sp³-hybridized carbons (Fsp3) is 0.583. The second-order valence-corrected chi connectivity index (χ2v) is 9.73. The Bertz CT molecular complexity index is 830. The number of ketones is 1. The summed E-state index contributed by atoms with van der Waals surface area (Å²) >= 11 is 0. The first kappa shape index (κ1) is 22.5.